The number of carbonyl (C=O) groups is 1. The first-order chi connectivity index (χ1) is 13.6. The van der Waals surface area contributed by atoms with Crippen LogP contribution in [0, 0.1) is 12.8 Å². The van der Waals surface area contributed by atoms with E-state index in [9.17, 15) is 9.90 Å². The molecule has 0 unspecified atom stereocenters. The summed E-state index contributed by atoms with van der Waals surface area (Å²) in [4.78, 5) is 19.2. The molecule has 5 nitrogen and oxygen atoms in total. The van der Waals surface area contributed by atoms with E-state index in [-0.39, 0.29) is 11.8 Å². The number of rotatable bonds is 4. The van der Waals surface area contributed by atoms with E-state index in [4.69, 9.17) is 4.42 Å². The van der Waals surface area contributed by atoms with E-state index in [1.54, 1.807) is 6.92 Å². The maximum Gasteiger partial charge on any atom is 0.276 e. The first-order valence-electron chi connectivity index (χ1n) is 9.68. The fraction of sp³-hybridized carbons (Fsp3) is 0.304. The van der Waals surface area contributed by atoms with Gasteiger partial charge in [-0.05, 0) is 43.4 Å². The van der Waals surface area contributed by atoms with Crippen molar-refractivity contribution < 1.29 is 14.3 Å². The molecule has 28 heavy (non-hydrogen) atoms. The minimum absolute atomic E-state index is 0.101. The van der Waals surface area contributed by atoms with Crippen LogP contribution in [0.2, 0.25) is 0 Å². The van der Waals surface area contributed by atoms with Gasteiger partial charge in [-0.25, -0.2) is 4.98 Å². The number of aliphatic hydroxyl groups excluding tert-OH is 1. The highest BCUT2D eigenvalue weighted by Crippen LogP contribution is 2.31. The largest absolute Gasteiger partial charge is 0.441 e. The monoisotopic (exact) mass is 376 g/mol. The molecule has 144 valence electrons. The first kappa shape index (κ1) is 18.4. The van der Waals surface area contributed by atoms with Crippen LogP contribution in [0.4, 0.5) is 0 Å². The number of aliphatic hydroxyl groups is 1. The molecule has 1 atom stereocenters. The molecule has 3 aromatic rings. The van der Waals surface area contributed by atoms with Crippen LogP contribution in [0.25, 0.3) is 11.5 Å². The minimum Gasteiger partial charge on any atom is -0.441 e. The Morgan fingerprint density at radius 3 is 2.32 bits per heavy atom. The summed E-state index contributed by atoms with van der Waals surface area (Å²) in [5, 5.41) is 10.6. The quantitative estimate of drug-likeness (QED) is 0.740. The van der Waals surface area contributed by atoms with E-state index < -0.39 is 6.10 Å². The van der Waals surface area contributed by atoms with Crippen molar-refractivity contribution in [3.63, 3.8) is 0 Å². The van der Waals surface area contributed by atoms with Crippen molar-refractivity contribution in [3.05, 3.63) is 77.7 Å². The smallest absolute Gasteiger partial charge is 0.276 e. The Morgan fingerprint density at radius 2 is 1.68 bits per heavy atom. The number of amides is 1. The fourth-order valence-corrected chi connectivity index (χ4v) is 3.79. The van der Waals surface area contributed by atoms with Crippen LogP contribution < -0.4 is 0 Å². The molecular weight excluding hydrogens is 352 g/mol. The number of likely N-dealkylation sites (tertiary alicyclic amines) is 1. The Balaban J connectivity index is 1.43. The minimum atomic E-state index is -0.489. The normalized spacial score (nSPS) is 16.1. The van der Waals surface area contributed by atoms with Gasteiger partial charge in [0.2, 0.25) is 5.89 Å². The van der Waals surface area contributed by atoms with Crippen molar-refractivity contribution in [2.45, 2.75) is 25.9 Å². The van der Waals surface area contributed by atoms with Crippen molar-refractivity contribution in [1.82, 2.24) is 9.88 Å². The number of carbonyl (C=O) groups excluding carboxylic acids is 1. The van der Waals surface area contributed by atoms with E-state index in [0.29, 0.717) is 30.4 Å². The van der Waals surface area contributed by atoms with Crippen molar-refractivity contribution in [2.75, 3.05) is 13.1 Å². The molecule has 1 aliphatic rings. The summed E-state index contributed by atoms with van der Waals surface area (Å²) in [6.45, 7) is 3.00. The standard InChI is InChI=1S/C23H24N2O3/c1-16-20(24-22(28-16)19-10-6-3-7-11-19)23(27)25-14-12-18(13-15-25)21(26)17-8-4-2-5-9-17/h2-11,18,21,26H,12-15H2,1H3/t21-/m0/s1. The van der Waals surface area contributed by atoms with Gasteiger partial charge in [0.1, 0.15) is 5.76 Å². The van der Waals surface area contributed by atoms with Gasteiger partial charge in [0, 0.05) is 18.7 Å². The van der Waals surface area contributed by atoms with Crippen LogP contribution in [-0.2, 0) is 0 Å². The zero-order valence-electron chi connectivity index (χ0n) is 15.9. The molecule has 0 saturated carbocycles. The second-order valence-electron chi connectivity index (χ2n) is 7.27. The third-order valence-corrected chi connectivity index (χ3v) is 5.43. The molecule has 1 aliphatic heterocycles. The second kappa shape index (κ2) is 7.98. The number of hydrogen-bond acceptors (Lipinski definition) is 4. The number of hydrogen-bond donors (Lipinski definition) is 1. The average molecular weight is 376 g/mol. The molecule has 0 bridgehead atoms. The third-order valence-electron chi connectivity index (χ3n) is 5.43. The third kappa shape index (κ3) is 3.71. The Kier molecular flexibility index (Phi) is 5.26. The predicted molar refractivity (Wildman–Crippen MR) is 107 cm³/mol. The van der Waals surface area contributed by atoms with Gasteiger partial charge in [0.25, 0.3) is 5.91 Å². The molecule has 0 spiro atoms. The molecule has 1 aromatic heterocycles. The molecule has 1 fully saturated rings. The summed E-state index contributed by atoms with van der Waals surface area (Å²) in [7, 11) is 0. The number of benzene rings is 2. The number of aromatic nitrogens is 1. The summed E-state index contributed by atoms with van der Waals surface area (Å²) in [6, 6.07) is 19.3. The Hall–Kier alpha value is -2.92. The predicted octanol–water partition coefficient (Wildman–Crippen LogP) is 4.24. The Morgan fingerprint density at radius 1 is 1.07 bits per heavy atom. The lowest BCUT2D eigenvalue weighted by molar-refractivity contribution is 0.0458. The molecule has 0 aliphatic carbocycles. The topological polar surface area (TPSA) is 66.6 Å². The summed E-state index contributed by atoms with van der Waals surface area (Å²) in [5.74, 6) is 1.06. The Bertz CT molecular complexity index is 929. The molecule has 5 heteroatoms. The van der Waals surface area contributed by atoms with Crippen molar-refractivity contribution >= 4 is 5.91 Å². The van der Waals surface area contributed by atoms with Gasteiger partial charge >= 0.3 is 0 Å². The highest BCUT2D eigenvalue weighted by molar-refractivity contribution is 5.93. The van der Waals surface area contributed by atoms with E-state index in [1.807, 2.05) is 65.6 Å². The van der Waals surface area contributed by atoms with Gasteiger partial charge in [-0.2, -0.15) is 0 Å². The van der Waals surface area contributed by atoms with Crippen molar-refractivity contribution in [3.8, 4) is 11.5 Å². The summed E-state index contributed by atoms with van der Waals surface area (Å²) in [5.41, 5.74) is 2.17. The number of aryl methyl sites for hydroxylation is 1. The van der Waals surface area contributed by atoms with Crippen LogP contribution in [0.3, 0.4) is 0 Å². The zero-order chi connectivity index (χ0) is 19.5. The lowest BCUT2D eigenvalue weighted by Gasteiger charge is -2.34. The summed E-state index contributed by atoms with van der Waals surface area (Å²) in [6.07, 6.45) is 1.05. The molecular formula is C23H24N2O3. The molecule has 2 aromatic carbocycles. The molecule has 1 saturated heterocycles. The zero-order valence-corrected chi connectivity index (χ0v) is 15.9. The molecule has 4 rings (SSSR count). The summed E-state index contributed by atoms with van der Waals surface area (Å²) < 4.78 is 5.73. The van der Waals surface area contributed by atoms with Gasteiger partial charge in [0.15, 0.2) is 5.69 Å². The number of piperidine rings is 1. The van der Waals surface area contributed by atoms with Gasteiger partial charge < -0.3 is 14.4 Å². The second-order valence-corrected chi connectivity index (χ2v) is 7.27. The molecule has 0 radical (unpaired) electrons. The highest BCUT2D eigenvalue weighted by Gasteiger charge is 2.30. The first-order valence-corrected chi connectivity index (χ1v) is 9.68. The summed E-state index contributed by atoms with van der Waals surface area (Å²) >= 11 is 0. The van der Waals surface area contributed by atoms with E-state index >= 15 is 0 Å². The number of oxazole rings is 1. The molecule has 2 heterocycles. The maximum atomic E-state index is 13.0. The van der Waals surface area contributed by atoms with Crippen LogP contribution in [0.5, 0.6) is 0 Å². The SMILES string of the molecule is Cc1oc(-c2ccccc2)nc1C(=O)N1CCC([C@@H](O)c2ccccc2)CC1. The van der Waals surface area contributed by atoms with Gasteiger partial charge in [-0.15, -0.1) is 0 Å². The van der Waals surface area contributed by atoms with Gasteiger partial charge in [-0.3, -0.25) is 4.79 Å². The lowest BCUT2D eigenvalue weighted by Crippen LogP contribution is -2.40. The van der Waals surface area contributed by atoms with Gasteiger partial charge in [0.05, 0.1) is 6.10 Å². The fourth-order valence-electron chi connectivity index (χ4n) is 3.79. The van der Waals surface area contributed by atoms with E-state index in [2.05, 4.69) is 4.98 Å². The Labute approximate surface area is 164 Å². The van der Waals surface area contributed by atoms with Crippen LogP contribution in [0.15, 0.2) is 65.1 Å². The average Bonchev–Trinajstić information content (AvgIpc) is 3.16. The molecule has 1 amide bonds. The van der Waals surface area contributed by atoms with Crippen molar-refractivity contribution in [1.29, 1.82) is 0 Å². The highest BCUT2D eigenvalue weighted by atomic mass is 16.4. The van der Waals surface area contributed by atoms with E-state index in [1.165, 1.54) is 0 Å². The van der Waals surface area contributed by atoms with Crippen molar-refractivity contribution in [2.24, 2.45) is 5.92 Å². The van der Waals surface area contributed by atoms with Crippen LogP contribution >= 0.6 is 0 Å². The van der Waals surface area contributed by atoms with Crippen LogP contribution in [0.1, 0.15) is 40.8 Å². The van der Waals surface area contributed by atoms with Gasteiger partial charge in [-0.1, -0.05) is 48.5 Å². The lowest BCUT2D eigenvalue weighted by atomic mass is 9.87. The number of nitrogens with zero attached hydrogens (tertiary/aromatic N) is 2. The maximum absolute atomic E-state index is 13.0. The molecule has 1 N–H and O–H groups in total. The van der Waals surface area contributed by atoms with Crippen LogP contribution in [-0.4, -0.2) is 34.0 Å². The van der Waals surface area contributed by atoms with E-state index in [0.717, 1.165) is 24.0 Å².